The van der Waals surface area contributed by atoms with Crippen molar-refractivity contribution in [3.8, 4) is 0 Å². The molecule has 5 rings (SSSR count). The van der Waals surface area contributed by atoms with Crippen molar-refractivity contribution in [1.82, 2.24) is 14.9 Å². The molecule has 184 valence electrons. The van der Waals surface area contributed by atoms with Gasteiger partial charge in [0.05, 0.1) is 18.2 Å². The van der Waals surface area contributed by atoms with E-state index in [-0.39, 0.29) is 12.6 Å². The Morgan fingerprint density at radius 2 is 1.42 bits per heavy atom. The molecule has 1 fully saturated rings. The second-order valence-electron chi connectivity index (χ2n) is 9.13. The van der Waals surface area contributed by atoms with Gasteiger partial charge < -0.3 is 9.84 Å². The molecule has 0 saturated carbocycles. The summed E-state index contributed by atoms with van der Waals surface area (Å²) in [4.78, 5) is 26.8. The molecule has 2 heterocycles. The van der Waals surface area contributed by atoms with Gasteiger partial charge in [0.15, 0.2) is 0 Å². The van der Waals surface area contributed by atoms with Gasteiger partial charge in [-0.15, -0.1) is 0 Å². The first-order valence-corrected chi connectivity index (χ1v) is 12.1. The first kappa shape index (κ1) is 23.9. The minimum absolute atomic E-state index is 0.223. The number of benzene rings is 3. The number of aromatic nitrogens is 2. The lowest BCUT2D eigenvalue weighted by Crippen LogP contribution is -2.53. The summed E-state index contributed by atoms with van der Waals surface area (Å²) in [5.74, 6) is 0. The normalized spacial score (nSPS) is 19.9. The average molecular weight is 484 g/mol. The van der Waals surface area contributed by atoms with Crippen LogP contribution < -0.4 is 16.6 Å². The second-order valence-corrected chi connectivity index (χ2v) is 9.13. The molecule has 3 N–H and O–H groups in total. The molecule has 1 aliphatic heterocycles. The maximum Gasteiger partial charge on any atom is 0.330 e. The molecule has 3 atom stereocenters. The Morgan fingerprint density at radius 1 is 0.917 bits per heavy atom. The molecule has 3 unspecified atom stereocenters. The van der Waals surface area contributed by atoms with Gasteiger partial charge in [0.25, 0.3) is 5.56 Å². The van der Waals surface area contributed by atoms with Crippen LogP contribution in [0.2, 0.25) is 0 Å². The monoisotopic (exact) mass is 483 g/mol. The van der Waals surface area contributed by atoms with E-state index in [0.29, 0.717) is 12.0 Å². The highest BCUT2D eigenvalue weighted by Crippen LogP contribution is 2.40. The van der Waals surface area contributed by atoms with Crippen molar-refractivity contribution < 1.29 is 9.84 Å². The molecule has 0 aliphatic carbocycles. The number of nitrogens with zero attached hydrogens (tertiary/aromatic N) is 1. The molecule has 7 nitrogen and oxygen atoms in total. The van der Waals surface area contributed by atoms with Crippen LogP contribution in [0.1, 0.15) is 34.9 Å². The van der Waals surface area contributed by atoms with Crippen molar-refractivity contribution >= 4 is 0 Å². The van der Waals surface area contributed by atoms with Crippen LogP contribution in [0, 0.1) is 6.92 Å². The number of aliphatic hydroxyl groups excluding tert-OH is 1. The van der Waals surface area contributed by atoms with E-state index in [2.05, 4.69) is 46.7 Å². The number of H-pyrrole nitrogens is 1. The summed E-state index contributed by atoms with van der Waals surface area (Å²) in [5, 5.41) is 14.1. The zero-order valence-electron chi connectivity index (χ0n) is 20.0. The summed E-state index contributed by atoms with van der Waals surface area (Å²) in [6.07, 6.45) is 0.735. The molecule has 7 heteroatoms. The van der Waals surface area contributed by atoms with E-state index in [4.69, 9.17) is 4.74 Å². The van der Waals surface area contributed by atoms with Crippen LogP contribution in [0.15, 0.2) is 107 Å². The third kappa shape index (κ3) is 4.33. The molecule has 1 aromatic heterocycles. The molecule has 0 radical (unpaired) electrons. The summed E-state index contributed by atoms with van der Waals surface area (Å²) < 4.78 is 7.57. The summed E-state index contributed by atoms with van der Waals surface area (Å²) >= 11 is 0. The third-order valence-corrected chi connectivity index (χ3v) is 6.89. The molecule has 0 bridgehead atoms. The van der Waals surface area contributed by atoms with Crippen molar-refractivity contribution in [1.29, 1.82) is 0 Å². The maximum atomic E-state index is 12.6. The number of aliphatic hydroxyl groups is 1. The Bertz CT molecular complexity index is 1320. The quantitative estimate of drug-likeness (QED) is 0.351. The fraction of sp³-hybridized carbons (Fsp3) is 0.241. The first-order valence-electron chi connectivity index (χ1n) is 12.1. The van der Waals surface area contributed by atoms with Gasteiger partial charge in [-0.1, -0.05) is 91.0 Å². The van der Waals surface area contributed by atoms with Crippen LogP contribution in [-0.2, 0) is 10.3 Å². The highest BCUT2D eigenvalue weighted by atomic mass is 16.5. The van der Waals surface area contributed by atoms with Gasteiger partial charge in [0.1, 0.15) is 6.23 Å². The predicted molar refractivity (Wildman–Crippen MR) is 138 cm³/mol. The largest absolute Gasteiger partial charge is 0.394 e. The van der Waals surface area contributed by atoms with Gasteiger partial charge in [-0.25, -0.2) is 4.79 Å². The van der Waals surface area contributed by atoms with Crippen LogP contribution in [0.3, 0.4) is 0 Å². The fourth-order valence-corrected chi connectivity index (χ4v) is 5.12. The van der Waals surface area contributed by atoms with Gasteiger partial charge in [-0.2, -0.15) is 0 Å². The number of hydrogen-bond donors (Lipinski definition) is 3. The maximum absolute atomic E-state index is 12.6. The molecule has 36 heavy (non-hydrogen) atoms. The molecule has 4 aromatic rings. The topological polar surface area (TPSA) is 96.3 Å². The smallest absolute Gasteiger partial charge is 0.330 e. The van der Waals surface area contributed by atoms with Gasteiger partial charge in [-0.05, 0) is 23.6 Å². The van der Waals surface area contributed by atoms with E-state index >= 15 is 0 Å². The zero-order chi connectivity index (χ0) is 25.1. The molecular weight excluding hydrogens is 454 g/mol. The van der Waals surface area contributed by atoms with Crippen LogP contribution in [0.5, 0.6) is 0 Å². The highest BCUT2D eigenvalue weighted by molar-refractivity contribution is 5.49. The minimum atomic E-state index is -0.744. The number of rotatable bonds is 7. The van der Waals surface area contributed by atoms with E-state index in [1.807, 2.05) is 54.6 Å². The summed E-state index contributed by atoms with van der Waals surface area (Å²) in [7, 11) is 0. The fourth-order valence-electron chi connectivity index (χ4n) is 5.12. The Kier molecular flexibility index (Phi) is 6.69. The van der Waals surface area contributed by atoms with Gasteiger partial charge in [-0.3, -0.25) is 19.7 Å². The van der Waals surface area contributed by atoms with E-state index in [1.165, 1.54) is 10.8 Å². The van der Waals surface area contributed by atoms with Crippen LogP contribution in [0.4, 0.5) is 0 Å². The van der Waals surface area contributed by atoms with Crippen molar-refractivity contribution in [2.24, 2.45) is 0 Å². The number of ether oxygens (including phenoxy) is 1. The predicted octanol–water partition coefficient (Wildman–Crippen LogP) is 3.08. The molecule has 1 saturated heterocycles. The van der Waals surface area contributed by atoms with Gasteiger partial charge >= 0.3 is 5.69 Å². The molecule has 1 aliphatic rings. The Morgan fingerprint density at radius 3 is 1.89 bits per heavy atom. The lowest BCUT2D eigenvalue weighted by Gasteiger charge is -2.40. The van der Waals surface area contributed by atoms with Crippen LogP contribution in [-0.4, -0.2) is 33.4 Å². The highest BCUT2D eigenvalue weighted by Gasteiger charge is 2.44. The lowest BCUT2D eigenvalue weighted by molar-refractivity contribution is -0.0301. The zero-order valence-corrected chi connectivity index (χ0v) is 20.0. The SMILES string of the molecule is Cc1cn(C2CC(NC(c3ccccc3)(c3ccccc3)c3ccccc3)C(CO)O2)c(=O)[nH]c1=O. The van der Waals surface area contributed by atoms with E-state index < -0.39 is 29.1 Å². The number of hydrogen-bond acceptors (Lipinski definition) is 5. The van der Waals surface area contributed by atoms with Crippen LogP contribution >= 0.6 is 0 Å². The van der Waals surface area contributed by atoms with Crippen LogP contribution in [0.25, 0.3) is 0 Å². The standard InChI is InChI=1S/C29H29N3O4/c1-20-18-32(28(35)30-27(20)34)26-17-24(25(19-33)36-26)31-29(21-11-5-2-6-12-21,22-13-7-3-8-14-22)23-15-9-4-10-16-23/h2-16,18,24-26,31,33H,17,19H2,1H3,(H,30,34,35). The van der Waals surface area contributed by atoms with Gasteiger partial charge in [0, 0.05) is 24.2 Å². The third-order valence-electron chi connectivity index (χ3n) is 6.89. The first-order chi connectivity index (χ1) is 17.5. The lowest BCUT2D eigenvalue weighted by atomic mass is 9.76. The average Bonchev–Trinajstić information content (AvgIpc) is 3.33. The molecule has 3 aromatic carbocycles. The van der Waals surface area contributed by atoms with Crippen molar-refractivity contribution in [3.05, 3.63) is 140 Å². The Labute approximate surface area is 209 Å². The van der Waals surface area contributed by atoms with Crippen molar-refractivity contribution in [3.63, 3.8) is 0 Å². The number of aryl methyl sites for hydroxylation is 1. The van der Waals surface area contributed by atoms with Crippen molar-refractivity contribution in [2.45, 2.75) is 37.3 Å². The molecular formula is C29H29N3O4. The van der Waals surface area contributed by atoms with Crippen molar-refractivity contribution in [2.75, 3.05) is 6.61 Å². The summed E-state index contributed by atoms with van der Waals surface area (Å²) in [6, 6.07) is 30.2. The summed E-state index contributed by atoms with van der Waals surface area (Å²) in [6.45, 7) is 1.42. The second kappa shape index (κ2) is 10.1. The Balaban J connectivity index is 1.62. The van der Waals surface area contributed by atoms with E-state index in [1.54, 1.807) is 6.92 Å². The number of nitrogens with one attached hydrogen (secondary N) is 2. The van der Waals surface area contributed by atoms with Gasteiger partial charge in [0.2, 0.25) is 0 Å². The Hall–Kier alpha value is -3.78. The molecule has 0 amide bonds. The minimum Gasteiger partial charge on any atom is -0.394 e. The van der Waals surface area contributed by atoms with E-state index in [9.17, 15) is 14.7 Å². The summed E-state index contributed by atoms with van der Waals surface area (Å²) in [5.41, 5.74) is 1.85. The van der Waals surface area contributed by atoms with E-state index in [0.717, 1.165) is 16.7 Å². The molecule has 0 spiro atoms. The number of aromatic amines is 1.